The first-order chi connectivity index (χ1) is 11.1. The van der Waals surface area contributed by atoms with Crippen LogP contribution in [0.4, 0.5) is 17.1 Å². The lowest BCUT2D eigenvalue weighted by atomic mass is 10.0. The Balaban J connectivity index is 1.83. The number of nitrogens with one attached hydrogen (secondary N) is 2. The summed E-state index contributed by atoms with van der Waals surface area (Å²) >= 11 is 0. The zero-order valence-electron chi connectivity index (χ0n) is 13.0. The van der Waals surface area contributed by atoms with E-state index in [-0.39, 0.29) is 6.04 Å². The summed E-state index contributed by atoms with van der Waals surface area (Å²) in [6.45, 7) is 3.98. The van der Waals surface area contributed by atoms with Crippen LogP contribution in [-0.2, 0) is 0 Å². The largest absolute Gasteiger partial charge is 0.373 e. The fourth-order valence-corrected chi connectivity index (χ4v) is 2.47. The summed E-state index contributed by atoms with van der Waals surface area (Å²) in [4.78, 5) is 27.6. The molecule has 1 heterocycles. The molecule has 2 aromatic carbocycles. The van der Waals surface area contributed by atoms with Gasteiger partial charge >= 0.3 is 0 Å². The zero-order chi connectivity index (χ0) is 16.4. The van der Waals surface area contributed by atoms with Crippen molar-refractivity contribution in [2.75, 3.05) is 10.6 Å². The average molecular weight is 307 g/mol. The summed E-state index contributed by atoms with van der Waals surface area (Å²) in [6, 6.07) is 11.4. The van der Waals surface area contributed by atoms with E-state index in [0.717, 1.165) is 16.8 Å². The molecule has 1 aromatic heterocycles. The second kappa shape index (κ2) is 6.04. The monoisotopic (exact) mass is 307 g/mol. The first-order valence-electron chi connectivity index (χ1n) is 7.39. The molecule has 0 aliphatic heterocycles. The van der Waals surface area contributed by atoms with Gasteiger partial charge in [0, 0.05) is 24.1 Å². The number of pyridine rings is 1. The van der Waals surface area contributed by atoms with Gasteiger partial charge in [-0.2, -0.15) is 0 Å². The molecule has 0 saturated heterocycles. The van der Waals surface area contributed by atoms with Crippen molar-refractivity contribution in [2.24, 2.45) is 0 Å². The van der Waals surface area contributed by atoms with E-state index in [1.165, 1.54) is 0 Å². The highest BCUT2D eigenvalue weighted by Gasteiger charge is 2.22. The Labute approximate surface area is 133 Å². The number of benzene rings is 1. The van der Waals surface area contributed by atoms with Crippen molar-refractivity contribution in [3.63, 3.8) is 0 Å². The predicted octanol–water partition coefficient (Wildman–Crippen LogP) is 2.90. The summed E-state index contributed by atoms with van der Waals surface area (Å²) in [5, 5.41) is 6.13. The van der Waals surface area contributed by atoms with Gasteiger partial charge in [-0.05, 0) is 31.5 Å². The van der Waals surface area contributed by atoms with Crippen molar-refractivity contribution < 1.29 is 0 Å². The highest BCUT2D eigenvalue weighted by Crippen LogP contribution is 2.25. The fraction of sp³-hybridized carbons (Fsp3) is 0.167. The summed E-state index contributed by atoms with van der Waals surface area (Å²) < 4.78 is 0. The van der Waals surface area contributed by atoms with Gasteiger partial charge in [0.05, 0.1) is 0 Å². The minimum atomic E-state index is -0.499. The Kier molecular flexibility index (Phi) is 3.93. The van der Waals surface area contributed by atoms with Crippen molar-refractivity contribution in [3.8, 4) is 0 Å². The zero-order valence-corrected chi connectivity index (χ0v) is 13.0. The van der Waals surface area contributed by atoms with Crippen LogP contribution < -0.4 is 21.5 Å². The lowest BCUT2D eigenvalue weighted by Crippen LogP contribution is -2.37. The van der Waals surface area contributed by atoms with E-state index in [4.69, 9.17) is 0 Å². The molecule has 1 atom stereocenters. The molecule has 116 valence electrons. The molecule has 3 rings (SSSR count). The number of rotatable bonds is 5. The normalized spacial score (nSPS) is 12.1. The van der Waals surface area contributed by atoms with Crippen molar-refractivity contribution in [1.82, 2.24) is 4.98 Å². The van der Waals surface area contributed by atoms with E-state index in [2.05, 4.69) is 21.7 Å². The molecule has 0 aliphatic rings. The number of hydrogen-bond acceptors (Lipinski definition) is 5. The first-order valence-corrected chi connectivity index (χ1v) is 7.39. The smallest absolute Gasteiger partial charge is 0.253 e. The van der Waals surface area contributed by atoms with E-state index >= 15 is 0 Å². The predicted molar refractivity (Wildman–Crippen MR) is 92.1 cm³/mol. The van der Waals surface area contributed by atoms with E-state index in [1.807, 2.05) is 32.0 Å². The maximum absolute atomic E-state index is 11.9. The van der Waals surface area contributed by atoms with Gasteiger partial charge in [0.15, 0.2) is 0 Å². The summed E-state index contributed by atoms with van der Waals surface area (Å²) in [5.74, 6) is 0. The lowest BCUT2D eigenvalue weighted by Gasteiger charge is -2.20. The van der Waals surface area contributed by atoms with Crippen LogP contribution in [0.3, 0.4) is 0 Å². The van der Waals surface area contributed by atoms with Crippen LogP contribution in [-0.4, -0.2) is 4.98 Å². The van der Waals surface area contributed by atoms with Crippen LogP contribution in [0.25, 0.3) is 0 Å². The van der Waals surface area contributed by atoms with Crippen molar-refractivity contribution in [2.45, 2.75) is 19.9 Å². The van der Waals surface area contributed by atoms with Crippen LogP contribution >= 0.6 is 0 Å². The maximum Gasteiger partial charge on any atom is 0.253 e. The minimum Gasteiger partial charge on any atom is -0.373 e. The quantitative estimate of drug-likeness (QED) is 0.709. The minimum absolute atomic E-state index is 0.0730. The summed E-state index contributed by atoms with van der Waals surface area (Å²) in [7, 11) is 0. The molecule has 0 bridgehead atoms. The van der Waals surface area contributed by atoms with Crippen LogP contribution in [0.2, 0.25) is 0 Å². The highest BCUT2D eigenvalue weighted by molar-refractivity contribution is 5.78. The number of nitrogens with zero attached hydrogens (tertiary/aromatic N) is 1. The second-order valence-electron chi connectivity index (χ2n) is 5.55. The fourth-order valence-electron chi connectivity index (χ4n) is 2.47. The molecule has 0 fully saturated rings. The molecule has 1 unspecified atom stereocenters. The number of hydrogen-bond donors (Lipinski definition) is 2. The number of aromatic nitrogens is 1. The molecule has 2 N–H and O–H groups in total. The summed E-state index contributed by atoms with van der Waals surface area (Å²) in [6.07, 6.45) is 3.24. The average Bonchev–Trinajstić information content (AvgIpc) is 2.58. The number of anilines is 3. The Morgan fingerprint density at radius 3 is 2.39 bits per heavy atom. The van der Waals surface area contributed by atoms with Crippen LogP contribution in [0, 0.1) is 6.92 Å². The molecule has 0 aliphatic carbocycles. The third-order valence-corrected chi connectivity index (χ3v) is 3.76. The SMILES string of the molecule is Cc1cccc(C(C)Nc2c(Nc3ccncc3)c(=O)c2=O)c1. The number of aryl methyl sites for hydroxylation is 1. The van der Waals surface area contributed by atoms with E-state index in [1.54, 1.807) is 24.5 Å². The van der Waals surface area contributed by atoms with Crippen LogP contribution in [0.1, 0.15) is 24.1 Å². The third-order valence-electron chi connectivity index (χ3n) is 3.76. The van der Waals surface area contributed by atoms with Gasteiger partial charge in [0.1, 0.15) is 11.4 Å². The van der Waals surface area contributed by atoms with E-state index in [0.29, 0.717) is 11.4 Å². The van der Waals surface area contributed by atoms with Crippen molar-refractivity contribution in [1.29, 1.82) is 0 Å². The molecule has 0 spiro atoms. The highest BCUT2D eigenvalue weighted by atomic mass is 16.2. The maximum atomic E-state index is 11.9. The van der Waals surface area contributed by atoms with Crippen LogP contribution in [0.5, 0.6) is 0 Å². The van der Waals surface area contributed by atoms with Gasteiger partial charge in [0.25, 0.3) is 10.9 Å². The lowest BCUT2D eigenvalue weighted by molar-refractivity contribution is 0.878. The molecule has 5 nitrogen and oxygen atoms in total. The first kappa shape index (κ1) is 15.0. The van der Waals surface area contributed by atoms with Crippen molar-refractivity contribution in [3.05, 3.63) is 80.4 Å². The van der Waals surface area contributed by atoms with E-state index in [9.17, 15) is 9.59 Å². The van der Waals surface area contributed by atoms with E-state index < -0.39 is 10.9 Å². The molecule has 0 amide bonds. The summed E-state index contributed by atoms with van der Waals surface area (Å²) in [5.41, 5.74) is 2.59. The van der Waals surface area contributed by atoms with Crippen LogP contribution in [0.15, 0.2) is 58.4 Å². The third kappa shape index (κ3) is 2.99. The van der Waals surface area contributed by atoms with Gasteiger partial charge < -0.3 is 10.6 Å². The molecule has 5 heteroatoms. The van der Waals surface area contributed by atoms with Gasteiger partial charge in [0.2, 0.25) is 0 Å². The molecule has 3 aromatic rings. The van der Waals surface area contributed by atoms with Gasteiger partial charge in [-0.15, -0.1) is 0 Å². The molecule has 0 saturated carbocycles. The van der Waals surface area contributed by atoms with Gasteiger partial charge in [-0.3, -0.25) is 14.6 Å². The molecule has 0 radical (unpaired) electrons. The Morgan fingerprint density at radius 1 is 1.00 bits per heavy atom. The second-order valence-corrected chi connectivity index (χ2v) is 5.55. The Morgan fingerprint density at radius 2 is 1.70 bits per heavy atom. The molecular formula is C18H17N3O2. The Hall–Kier alpha value is -2.95. The van der Waals surface area contributed by atoms with Crippen molar-refractivity contribution >= 4 is 17.1 Å². The molecule has 23 heavy (non-hydrogen) atoms. The van der Waals surface area contributed by atoms with Gasteiger partial charge in [-0.25, -0.2) is 0 Å². The standard InChI is InChI=1S/C18H17N3O2/c1-11-4-3-5-13(10-11)12(2)20-15-16(18(23)17(15)22)21-14-6-8-19-9-7-14/h3-10,12,20H,1-2H3,(H,19,21). The topological polar surface area (TPSA) is 71.1 Å². The molecular weight excluding hydrogens is 290 g/mol. The van der Waals surface area contributed by atoms with Gasteiger partial charge in [-0.1, -0.05) is 29.8 Å². The Bertz CT molecular complexity index is 896.